The zero-order valence-corrected chi connectivity index (χ0v) is 10.8. The lowest BCUT2D eigenvalue weighted by Gasteiger charge is -2.05. The maximum absolute atomic E-state index is 11.3. The third-order valence-electron chi connectivity index (χ3n) is 3.08. The summed E-state index contributed by atoms with van der Waals surface area (Å²) in [6, 6.07) is 4.14. The quantitative estimate of drug-likeness (QED) is 0.241. The van der Waals surface area contributed by atoms with Crippen LogP contribution < -0.4 is 11.3 Å². The van der Waals surface area contributed by atoms with Crippen molar-refractivity contribution in [2.45, 2.75) is 13.0 Å². The Morgan fingerprint density at radius 3 is 2.57 bits per heavy atom. The number of nitrogens with zero attached hydrogens (tertiary/aromatic N) is 2. The van der Waals surface area contributed by atoms with Crippen molar-refractivity contribution in [1.82, 2.24) is 9.99 Å². The van der Waals surface area contributed by atoms with Crippen molar-refractivity contribution in [2.75, 3.05) is 0 Å². The smallest absolute Gasteiger partial charge is 0.294 e. The van der Waals surface area contributed by atoms with Gasteiger partial charge in [0.2, 0.25) is 17.7 Å². The SMILES string of the molecule is N=NC(=O)c1ccc2c(O)n(CCC(=O)NN)c(O)c2c1. The fourth-order valence-electron chi connectivity index (χ4n) is 2.01. The standard InChI is InChI=1S/C12H13N5O4/c13-15-9(18)3-4-17-11(20)7-2-1-6(10(19)16-14)5-8(7)12(17)21/h1-2,5,14,20-21H,3-4,13H2,(H,15,18). The molecule has 0 aliphatic carbocycles. The van der Waals surface area contributed by atoms with Gasteiger partial charge in [-0.1, -0.05) is 0 Å². The summed E-state index contributed by atoms with van der Waals surface area (Å²) >= 11 is 0. The van der Waals surface area contributed by atoms with Gasteiger partial charge in [-0.3, -0.25) is 19.6 Å². The van der Waals surface area contributed by atoms with Crippen LogP contribution in [0, 0.1) is 5.53 Å². The second-order valence-corrected chi connectivity index (χ2v) is 4.29. The number of carbonyl (C=O) groups is 2. The Morgan fingerprint density at radius 1 is 1.29 bits per heavy atom. The van der Waals surface area contributed by atoms with Crippen LogP contribution in [0.15, 0.2) is 23.3 Å². The molecule has 0 saturated heterocycles. The molecule has 0 aliphatic heterocycles. The van der Waals surface area contributed by atoms with Crippen LogP contribution in [-0.2, 0) is 11.3 Å². The molecule has 1 aromatic heterocycles. The van der Waals surface area contributed by atoms with E-state index in [1.54, 1.807) is 0 Å². The average molecular weight is 291 g/mol. The number of fused-ring (bicyclic) bond motifs is 1. The molecule has 1 aromatic carbocycles. The first-order valence-corrected chi connectivity index (χ1v) is 5.95. The van der Waals surface area contributed by atoms with Crippen molar-refractivity contribution in [1.29, 1.82) is 5.53 Å². The second kappa shape index (κ2) is 5.59. The Kier molecular flexibility index (Phi) is 3.85. The zero-order chi connectivity index (χ0) is 15.6. The van der Waals surface area contributed by atoms with E-state index in [1.807, 2.05) is 5.43 Å². The summed E-state index contributed by atoms with van der Waals surface area (Å²) in [5.41, 5.74) is 8.75. The van der Waals surface area contributed by atoms with Crippen molar-refractivity contribution in [3.05, 3.63) is 23.8 Å². The van der Waals surface area contributed by atoms with Crippen molar-refractivity contribution >= 4 is 22.6 Å². The fraction of sp³-hybridized carbons (Fsp3) is 0.167. The molecule has 2 rings (SSSR count). The van der Waals surface area contributed by atoms with Gasteiger partial charge in [-0.15, -0.1) is 5.11 Å². The van der Waals surface area contributed by atoms with E-state index in [9.17, 15) is 19.8 Å². The summed E-state index contributed by atoms with van der Waals surface area (Å²) in [7, 11) is 0. The van der Waals surface area contributed by atoms with Gasteiger partial charge in [0.1, 0.15) is 0 Å². The molecule has 0 aliphatic rings. The minimum atomic E-state index is -0.758. The van der Waals surface area contributed by atoms with Crippen molar-refractivity contribution in [3.8, 4) is 11.8 Å². The zero-order valence-electron chi connectivity index (χ0n) is 10.8. The number of rotatable bonds is 4. The molecule has 0 atom stereocenters. The van der Waals surface area contributed by atoms with Gasteiger partial charge < -0.3 is 10.2 Å². The monoisotopic (exact) mass is 291 g/mol. The summed E-state index contributed by atoms with van der Waals surface area (Å²) in [6.07, 6.45) is -0.0353. The number of benzene rings is 1. The number of hydrogen-bond acceptors (Lipinski definition) is 6. The topological polar surface area (TPSA) is 154 Å². The lowest BCUT2D eigenvalue weighted by atomic mass is 10.1. The summed E-state index contributed by atoms with van der Waals surface area (Å²) in [4.78, 5) is 22.5. The number of aromatic nitrogens is 1. The van der Waals surface area contributed by atoms with E-state index >= 15 is 0 Å². The fourth-order valence-corrected chi connectivity index (χ4v) is 2.01. The van der Waals surface area contributed by atoms with Gasteiger partial charge in [-0.05, 0) is 18.2 Å². The van der Waals surface area contributed by atoms with E-state index < -0.39 is 11.8 Å². The molecule has 0 unspecified atom stereocenters. The number of aromatic hydroxyl groups is 2. The highest BCUT2D eigenvalue weighted by Gasteiger charge is 2.18. The minimum Gasteiger partial charge on any atom is -0.494 e. The van der Waals surface area contributed by atoms with Gasteiger partial charge in [-0.2, -0.15) is 0 Å². The minimum absolute atomic E-state index is 0.0154. The van der Waals surface area contributed by atoms with Crippen LogP contribution in [0.4, 0.5) is 0 Å². The normalized spacial score (nSPS) is 10.5. The molecular weight excluding hydrogens is 278 g/mol. The Labute approximate surface area is 118 Å². The molecular formula is C12H13N5O4. The first-order chi connectivity index (χ1) is 9.99. The van der Waals surface area contributed by atoms with Crippen LogP contribution in [0.25, 0.3) is 10.8 Å². The third kappa shape index (κ3) is 2.54. The average Bonchev–Trinajstić information content (AvgIpc) is 2.75. The number of nitrogens with two attached hydrogens (primary N) is 1. The molecule has 9 nitrogen and oxygen atoms in total. The van der Waals surface area contributed by atoms with Gasteiger partial charge in [0.15, 0.2) is 0 Å². The molecule has 9 heteroatoms. The molecule has 1 heterocycles. The highest BCUT2D eigenvalue weighted by Crippen LogP contribution is 2.36. The number of amides is 2. The van der Waals surface area contributed by atoms with E-state index in [-0.39, 0.29) is 35.7 Å². The van der Waals surface area contributed by atoms with Crippen LogP contribution in [0.5, 0.6) is 11.8 Å². The van der Waals surface area contributed by atoms with E-state index in [2.05, 4.69) is 5.11 Å². The van der Waals surface area contributed by atoms with Gasteiger partial charge in [-0.25, -0.2) is 11.4 Å². The third-order valence-corrected chi connectivity index (χ3v) is 3.08. The lowest BCUT2D eigenvalue weighted by Crippen LogP contribution is -2.30. The molecule has 0 bridgehead atoms. The summed E-state index contributed by atoms with van der Waals surface area (Å²) in [6.45, 7) is 0.0154. The Hall–Kier alpha value is -2.94. The van der Waals surface area contributed by atoms with Crippen molar-refractivity contribution in [3.63, 3.8) is 0 Å². The van der Waals surface area contributed by atoms with E-state index in [4.69, 9.17) is 11.4 Å². The summed E-state index contributed by atoms with van der Waals surface area (Å²) in [5.74, 6) is 3.24. The van der Waals surface area contributed by atoms with E-state index in [0.717, 1.165) is 4.57 Å². The Bertz CT molecular complexity index is 737. The van der Waals surface area contributed by atoms with Crippen LogP contribution in [0.1, 0.15) is 16.8 Å². The van der Waals surface area contributed by atoms with Crippen LogP contribution in [0.3, 0.4) is 0 Å². The second-order valence-electron chi connectivity index (χ2n) is 4.29. The number of nitrogens with one attached hydrogen (secondary N) is 2. The van der Waals surface area contributed by atoms with Crippen LogP contribution >= 0.6 is 0 Å². The van der Waals surface area contributed by atoms with Gasteiger partial charge >= 0.3 is 0 Å². The molecule has 0 fully saturated rings. The molecule has 110 valence electrons. The molecule has 0 radical (unpaired) electrons. The molecule has 21 heavy (non-hydrogen) atoms. The van der Waals surface area contributed by atoms with Crippen LogP contribution in [0.2, 0.25) is 0 Å². The van der Waals surface area contributed by atoms with Gasteiger partial charge in [0, 0.05) is 29.3 Å². The molecule has 2 amide bonds. The molecule has 0 spiro atoms. The molecule has 6 N–H and O–H groups in total. The van der Waals surface area contributed by atoms with Gasteiger partial charge in [0.25, 0.3) is 5.91 Å². The van der Waals surface area contributed by atoms with Crippen molar-refractivity contribution < 1.29 is 19.8 Å². The Balaban J connectivity index is 2.46. The predicted octanol–water partition coefficient (Wildman–Crippen LogP) is 0.604. The number of hydrazine groups is 1. The molecule has 2 aromatic rings. The number of hydrogen-bond donors (Lipinski definition) is 5. The maximum Gasteiger partial charge on any atom is 0.294 e. The Morgan fingerprint density at radius 2 is 1.95 bits per heavy atom. The van der Waals surface area contributed by atoms with E-state index in [0.29, 0.717) is 5.39 Å². The van der Waals surface area contributed by atoms with E-state index in [1.165, 1.54) is 18.2 Å². The van der Waals surface area contributed by atoms with Crippen LogP contribution in [-0.4, -0.2) is 26.6 Å². The highest BCUT2D eigenvalue weighted by molar-refractivity contribution is 6.01. The maximum atomic E-state index is 11.3. The van der Waals surface area contributed by atoms with Gasteiger partial charge in [0.05, 0.1) is 0 Å². The number of carbonyl (C=O) groups excluding carboxylic acids is 2. The summed E-state index contributed by atoms with van der Waals surface area (Å²) < 4.78 is 1.13. The first kappa shape index (κ1) is 14.5. The summed E-state index contributed by atoms with van der Waals surface area (Å²) in [5, 5.41) is 23.5. The highest BCUT2D eigenvalue weighted by atomic mass is 16.3. The first-order valence-electron chi connectivity index (χ1n) is 5.95. The largest absolute Gasteiger partial charge is 0.494 e. The van der Waals surface area contributed by atoms with Crippen molar-refractivity contribution in [2.24, 2.45) is 11.0 Å². The predicted molar refractivity (Wildman–Crippen MR) is 71.7 cm³/mol. The molecule has 0 saturated carbocycles. The lowest BCUT2D eigenvalue weighted by molar-refractivity contribution is -0.121.